The average molecular weight is 264 g/mol. The Bertz CT molecular complexity index is 366. The highest BCUT2D eigenvalue weighted by molar-refractivity contribution is 5.91. The van der Waals surface area contributed by atoms with Crippen LogP contribution in [0.1, 0.15) is 26.2 Å². The van der Waals surface area contributed by atoms with Crippen LogP contribution in [0, 0.1) is 5.92 Å². The topological polar surface area (TPSA) is 49.4 Å². The summed E-state index contributed by atoms with van der Waals surface area (Å²) >= 11 is 0. The van der Waals surface area contributed by atoms with Crippen molar-refractivity contribution in [2.24, 2.45) is 5.92 Å². The lowest BCUT2D eigenvalue weighted by Crippen LogP contribution is -2.50. The molecule has 2 rings (SSSR count). The van der Waals surface area contributed by atoms with Crippen molar-refractivity contribution in [3.05, 3.63) is 0 Å². The van der Waals surface area contributed by atoms with Gasteiger partial charge in [0.25, 0.3) is 0 Å². The second-order valence-electron chi connectivity index (χ2n) is 5.02. The van der Waals surface area contributed by atoms with E-state index in [1.807, 2.05) is 0 Å². The van der Waals surface area contributed by atoms with Gasteiger partial charge in [-0.05, 0) is 25.7 Å². The SMILES string of the molecule is CC1CC(=O)NC(C2CC2)C(=O)N1CC(F)(F)F. The second-order valence-corrected chi connectivity index (χ2v) is 5.02. The Kier molecular flexibility index (Phi) is 3.25. The van der Waals surface area contributed by atoms with E-state index >= 15 is 0 Å². The van der Waals surface area contributed by atoms with Crippen molar-refractivity contribution in [2.45, 2.75) is 44.4 Å². The number of amides is 2. The van der Waals surface area contributed by atoms with E-state index in [1.54, 1.807) is 0 Å². The van der Waals surface area contributed by atoms with Gasteiger partial charge in [-0.1, -0.05) is 0 Å². The Morgan fingerprint density at radius 3 is 2.44 bits per heavy atom. The molecule has 1 aliphatic heterocycles. The molecule has 0 bridgehead atoms. The molecule has 1 aliphatic carbocycles. The molecule has 4 nitrogen and oxygen atoms in total. The lowest BCUT2D eigenvalue weighted by molar-refractivity contribution is -0.165. The van der Waals surface area contributed by atoms with E-state index in [9.17, 15) is 22.8 Å². The highest BCUT2D eigenvalue weighted by Gasteiger charge is 2.45. The summed E-state index contributed by atoms with van der Waals surface area (Å²) in [5.74, 6) is -0.951. The zero-order chi connectivity index (χ0) is 13.5. The van der Waals surface area contributed by atoms with Gasteiger partial charge in [0, 0.05) is 12.5 Å². The van der Waals surface area contributed by atoms with E-state index in [-0.39, 0.29) is 18.2 Å². The maximum Gasteiger partial charge on any atom is 0.406 e. The van der Waals surface area contributed by atoms with Gasteiger partial charge in [0.1, 0.15) is 12.6 Å². The summed E-state index contributed by atoms with van der Waals surface area (Å²) in [5.41, 5.74) is 0. The molecule has 1 saturated heterocycles. The molecule has 2 amide bonds. The van der Waals surface area contributed by atoms with Gasteiger partial charge in [0.15, 0.2) is 0 Å². The van der Waals surface area contributed by atoms with Crippen molar-refractivity contribution in [2.75, 3.05) is 6.54 Å². The number of hydrogen-bond donors (Lipinski definition) is 1. The minimum Gasteiger partial charge on any atom is -0.344 e. The lowest BCUT2D eigenvalue weighted by atomic mass is 10.1. The monoisotopic (exact) mass is 264 g/mol. The van der Waals surface area contributed by atoms with E-state index in [1.165, 1.54) is 6.92 Å². The molecule has 0 aromatic heterocycles. The number of hydrogen-bond acceptors (Lipinski definition) is 2. The number of nitrogens with one attached hydrogen (secondary N) is 1. The largest absolute Gasteiger partial charge is 0.406 e. The normalized spacial score (nSPS) is 30.1. The third-order valence-electron chi connectivity index (χ3n) is 3.32. The van der Waals surface area contributed by atoms with Crippen LogP contribution in [0.4, 0.5) is 13.2 Å². The van der Waals surface area contributed by atoms with Gasteiger partial charge in [-0.2, -0.15) is 13.2 Å². The van der Waals surface area contributed by atoms with Crippen LogP contribution in [0.2, 0.25) is 0 Å². The van der Waals surface area contributed by atoms with Crippen LogP contribution in [0.25, 0.3) is 0 Å². The predicted octanol–water partition coefficient (Wildman–Crippen LogP) is 1.06. The van der Waals surface area contributed by atoms with E-state index in [0.29, 0.717) is 0 Å². The Balaban J connectivity index is 2.18. The van der Waals surface area contributed by atoms with Crippen molar-refractivity contribution in [1.82, 2.24) is 10.2 Å². The van der Waals surface area contributed by atoms with Gasteiger partial charge >= 0.3 is 6.18 Å². The molecule has 2 unspecified atom stereocenters. The first-order valence-electron chi connectivity index (χ1n) is 5.94. The summed E-state index contributed by atoms with van der Waals surface area (Å²) < 4.78 is 37.4. The number of alkyl halides is 3. The second kappa shape index (κ2) is 4.44. The minimum absolute atomic E-state index is 0.00230. The summed E-state index contributed by atoms with van der Waals surface area (Å²) in [6, 6.07) is -1.49. The lowest BCUT2D eigenvalue weighted by Gasteiger charge is -2.29. The summed E-state index contributed by atoms with van der Waals surface area (Å²) in [5, 5.41) is 2.54. The van der Waals surface area contributed by atoms with Crippen LogP contribution in [0.5, 0.6) is 0 Å². The Morgan fingerprint density at radius 1 is 1.33 bits per heavy atom. The maximum absolute atomic E-state index is 12.5. The molecular weight excluding hydrogens is 249 g/mol. The zero-order valence-electron chi connectivity index (χ0n) is 9.96. The highest BCUT2D eigenvalue weighted by Crippen LogP contribution is 2.35. The quantitative estimate of drug-likeness (QED) is 0.811. The van der Waals surface area contributed by atoms with Gasteiger partial charge < -0.3 is 10.2 Å². The van der Waals surface area contributed by atoms with Crippen molar-refractivity contribution >= 4 is 11.8 Å². The molecule has 1 heterocycles. The number of nitrogens with zero attached hydrogens (tertiary/aromatic N) is 1. The molecule has 18 heavy (non-hydrogen) atoms. The fraction of sp³-hybridized carbons (Fsp3) is 0.818. The number of carbonyl (C=O) groups is 2. The van der Waals surface area contributed by atoms with Gasteiger partial charge in [-0.3, -0.25) is 9.59 Å². The number of rotatable bonds is 2. The first kappa shape index (κ1) is 13.2. The van der Waals surface area contributed by atoms with Crippen LogP contribution >= 0.6 is 0 Å². The summed E-state index contributed by atoms with van der Waals surface area (Å²) in [6.07, 6.45) is -2.95. The van der Waals surface area contributed by atoms with Crippen molar-refractivity contribution in [3.8, 4) is 0 Å². The molecule has 0 spiro atoms. The zero-order valence-corrected chi connectivity index (χ0v) is 9.96. The molecule has 0 radical (unpaired) electrons. The summed E-state index contributed by atoms with van der Waals surface area (Å²) in [4.78, 5) is 24.4. The first-order chi connectivity index (χ1) is 8.28. The van der Waals surface area contributed by atoms with E-state index in [0.717, 1.165) is 17.7 Å². The van der Waals surface area contributed by atoms with Gasteiger partial charge in [-0.15, -0.1) is 0 Å². The van der Waals surface area contributed by atoms with Crippen molar-refractivity contribution in [3.63, 3.8) is 0 Å². The van der Waals surface area contributed by atoms with Crippen LogP contribution in [0.3, 0.4) is 0 Å². The van der Waals surface area contributed by atoms with E-state index in [4.69, 9.17) is 0 Å². The standard InChI is InChI=1S/C11H15F3N2O2/c1-6-4-8(17)15-9(7-2-3-7)10(18)16(6)5-11(12,13)14/h6-7,9H,2-5H2,1H3,(H,15,17). The van der Waals surface area contributed by atoms with E-state index in [2.05, 4.69) is 5.32 Å². The molecule has 1 saturated carbocycles. The van der Waals surface area contributed by atoms with Crippen LogP contribution in [-0.2, 0) is 9.59 Å². The minimum atomic E-state index is -4.44. The van der Waals surface area contributed by atoms with Gasteiger partial charge in [0.05, 0.1) is 0 Å². The average Bonchev–Trinajstić information content (AvgIpc) is 3.03. The molecule has 102 valence electrons. The maximum atomic E-state index is 12.5. The number of carbonyl (C=O) groups excluding carboxylic acids is 2. The van der Waals surface area contributed by atoms with Crippen molar-refractivity contribution in [1.29, 1.82) is 0 Å². The van der Waals surface area contributed by atoms with Crippen LogP contribution in [0.15, 0.2) is 0 Å². The summed E-state index contributed by atoms with van der Waals surface area (Å²) in [7, 11) is 0. The Labute approximate surface area is 103 Å². The van der Waals surface area contributed by atoms with Crippen LogP contribution < -0.4 is 5.32 Å². The van der Waals surface area contributed by atoms with Gasteiger partial charge in [-0.25, -0.2) is 0 Å². The summed E-state index contributed by atoms with van der Waals surface area (Å²) in [6.45, 7) is 0.184. The molecule has 7 heteroatoms. The smallest absolute Gasteiger partial charge is 0.344 e. The highest BCUT2D eigenvalue weighted by atomic mass is 19.4. The van der Waals surface area contributed by atoms with Crippen molar-refractivity contribution < 1.29 is 22.8 Å². The Morgan fingerprint density at radius 2 is 1.94 bits per heavy atom. The van der Waals surface area contributed by atoms with E-state index < -0.39 is 30.7 Å². The molecular formula is C11H15F3N2O2. The molecule has 1 N–H and O–H groups in total. The third-order valence-corrected chi connectivity index (χ3v) is 3.32. The molecule has 2 fully saturated rings. The molecule has 0 aromatic rings. The molecule has 2 aliphatic rings. The van der Waals surface area contributed by atoms with Gasteiger partial charge in [0.2, 0.25) is 11.8 Å². The predicted molar refractivity (Wildman–Crippen MR) is 56.5 cm³/mol. The molecule has 2 atom stereocenters. The molecule has 0 aromatic carbocycles. The van der Waals surface area contributed by atoms with Crippen LogP contribution in [-0.4, -0.2) is 41.5 Å². The first-order valence-corrected chi connectivity index (χ1v) is 5.94. The Hall–Kier alpha value is -1.27. The fourth-order valence-corrected chi connectivity index (χ4v) is 2.24. The fourth-order valence-electron chi connectivity index (χ4n) is 2.24. The number of halogens is 3. The third kappa shape index (κ3) is 2.94.